The number of rotatable bonds is 10. The first-order valence-electron chi connectivity index (χ1n) is 7.57. The van der Waals surface area contributed by atoms with E-state index in [2.05, 4.69) is 8.57 Å². The van der Waals surface area contributed by atoms with Crippen LogP contribution in [0.1, 0.15) is 0 Å². The molecule has 0 atom stereocenters. The van der Waals surface area contributed by atoms with E-state index < -0.39 is 84.8 Å². The lowest BCUT2D eigenvalue weighted by molar-refractivity contribution is -0.725. The first-order valence-corrected chi connectivity index (χ1v) is 11.1. The minimum Gasteiger partial charge on any atom is -0.744 e. The van der Waals surface area contributed by atoms with Gasteiger partial charge in [-0.15, -0.1) is 0 Å². The summed E-state index contributed by atoms with van der Waals surface area (Å²) in [6.45, 7) is 0. The van der Waals surface area contributed by atoms with E-state index >= 15 is 0 Å². The standard InChI is InChI=1S/C12H6N4O14S3/c17-13(18)7-1-3-11(32(23,24)25)9(5-7)15(21)29-31-30-16(22)10-6-8(14(19)20)2-4-12(10)33(26,27)28/h1-6H. The van der Waals surface area contributed by atoms with Crippen molar-refractivity contribution < 1.29 is 54.2 Å². The summed E-state index contributed by atoms with van der Waals surface area (Å²) in [5.74, 6) is 0. The lowest BCUT2D eigenvalue weighted by Crippen LogP contribution is -2.09. The Morgan fingerprint density at radius 2 is 1.00 bits per heavy atom. The van der Waals surface area contributed by atoms with Crippen LogP contribution in [-0.4, -0.2) is 45.6 Å². The van der Waals surface area contributed by atoms with Crippen LogP contribution in [-0.2, 0) is 28.8 Å². The van der Waals surface area contributed by atoms with Gasteiger partial charge in [-0.3, -0.25) is 20.2 Å². The highest BCUT2D eigenvalue weighted by Crippen LogP contribution is 2.32. The normalized spacial score (nSPS) is 11.5. The van der Waals surface area contributed by atoms with Crippen molar-refractivity contribution in [3.05, 3.63) is 66.4 Å². The fourth-order valence-electron chi connectivity index (χ4n) is 2.10. The number of non-ortho nitro benzene ring substituents is 2. The lowest BCUT2D eigenvalue weighted by Gasteiger charge is -2.06. The molecule has 0 saturated carbocycles. The number of hydrogen-bond acceptors (Lipinski definition) is 15. The largest absolute Gasteiger partial charge is 0.744 e. The fraction of sp³-hybridized carbons (Fsp3) is 0. The molecule has 0 heterocycles. The van der Waals surface area contributed by atoms with Gasteiger partial charge in [-0.25, -0.2) is 16.8 Å². The summed E-state index contributed by atoms with van der Waals surface area (Å²) >= 11 is -0.580. The molecular formula is C12H6N4O14S3. The van der Waals surface area contributed by atoms with Crippen LogP contribution < -0.4 is 0 Å². The third-order valence-corrected chi connectivity index (χ3v) is 5.60. The highest BCUT2D eigenvalue weighted by molar-refractivity contribution is 7.89. The topological polar surface area (TPSA) is 259 Å². The van der Waals surface area contributed by atoms with Crippen LogP contribution in [0.3, 0.4) is 0 Å². The predicted molar refractivity (Wildman–Crippen MR) is 98.5 cm³/mol. The Bertz CT molecular complexity index is 1280. The lowest BCUT2D eigenvalue weighted by atomic mass is 10.3. The predicted octanol–water partition coefficient (Wildman–Crippen LogP) is 1.26. The monoisotopic (exact) mass is 526 g/mol. The van der Waals surface area contributed by atoms with Gasteiger partial charge in [0.2, 0.25) is 0 Å². The molecule has 0 aliphatic rings. The Morgan fingerprint density at radius 1 is 0.667 bits per heavy atom. The van der Waals surface area contributed by atoms with Crippen LogP contribution in [0.15, 0.2) is 46.2 Å². The number of nitrogens with zero attached hydrogens (tertiary/aromatic N) is 4. The third-order valence-electron chi connectivity index (χ3n) is 3.44. The minimum absolute atomic E-state index is 0.357. The maximum atomic E-state index is 12.0. The van der Waals surface area contributed by atoms with Gasteiger partial charge in [-0.2, -0.15) is 0 Å². The van der Waals surface area contributed by atoms with E-state index in [1.54, 1.807) is 0 Å². The molecule has 0 fully saturated rings. The quantitative estimate of drug-likeness (QED) is 0.182. The second-order valence-corrected chi connectivity index (χ2v) is 8.59. The van der Waals surface area contributed by atoms with Crippen molar-refractivity contribution >= 4 is 55.3 Å². The van der Waals surface area contributed by atoms with Crippen molar-refractivity contribution in [3.8, 4) is 0 Å². The van der Waals surface area contributed by atoms with Crippen LogP contribution in [0.25, 0.3) is 0 Å². The number of nitro groups is 2. The van der Waals surface area contributed by atoms with Crippen LogP contribution in [0, 0.1) is 30.0 Å². The van der Waals surface area contributed by atoms with Gasteiger partial charge in [0.05, 0.1) is 31.8 Å². The number of benzene rings is 2. The van der Waals surface area contributed by atoms with Gasteiger partial charge in [0.1, 0.15) is 30.0 Å². The van der Waals surface area contributed by atoms with E-state index in [0.29, 0.717) is 36.4 Å². The van der Waals surface area contributed by atoms with Crippen molar-refractivity contribution in [1.29, 1.82) is 0 Å². The molecule has 0 unspecified atom stereocenters. The van der Waals surface area contributed by atoms with Gasteiger partial charge < -0.3 is 9.11 Å². The Balaban J connectivity index is 2.28. The Hall–Kier alpha value is -3.79. The highest BCUT2D eigenvalue weighted by Gasteiger charge is 2.34. The Morgan fingerprint density at radius 3 is 1.27 bits per heavy atom. The van der Waals surface area contributed by atoms with E-state index in [0.717, 1.165) is 0 Å². The van der Waals surface area contributed by atoms with Gasteiger partial charge in [-0.1, -0.05) is 8.57 Å². The fourth-order valence-corrected chi connectivity index (χ4v) is 3.64. The molecule has 0 aliphatic carbocycles. The van der Waals surface area contributed by atoms with E-state index in [1.165, 1.54) is 0 Å². The van der Waals surface area contributed by atoms with Gasteiger partial charge >= 0.3 is 23.7 Å². The van der Waals surface area contributed by atoms with Gasteiger partial charge in [0.15, 0.2) is 0 Å². The summed E-state index contributed by atoms with van der Waals surface area (Å²) in [6, 6.07) is 2.83. The average molecular weight is 526 g/mol. The number of hydrogen-bond donors (Lipinski definition) is 0. The summed E-state index contributed by atoms with van der Waals surface area (Å²) in [5.41, 5.74) is -3.99. The highest BCUT2D eigenvalue weighted by atomic mass is 32.2. The van der Waals surface area contributed by atoms with Crippen LogP contribution >= 0.6 is 12.3 Å². The molecule has 176 valence electrons. The molecule has 0 N–H and O–H groups in total. The smallest absolute Gasteiger partial charge is 0.451 e. The summed E-state index contributed by atoms with van der Waals surface area (Å²) in [5, 5.41) is 21.6. The molecular weight excluding hydrogens is 520 g/mol. The van der Waals surface area contributed by atoms with Crippen molar-refractivity contribution in [3.63, 3.8) is 0 Å². The molecule has 33 heavy (non-hydrogen) atoms. The molecule has 0 amide bonds. The molecule has 18 nitrogen and oxygen atoms in total. The minimum atomic E-state index is -5.32. The molecule has 0 spiro atoms. The summed E-state index contributed by atoms with van der Waals surface area (Å²) in [6.07, 6.45) is 0. The first kappa shape index (κ1) is 25.5. The molecule has 2 aromatic carbocycles. The van der Waals surface area contributed by atoms with Gasteiger partial charge in [-0.05, 0) is 12.1 Å². The SMILES string of the molecule is O=[N+]([O-])c1ccc(S(=O)(=O)[O-])c([N+](=O)OSO[N+](=O)c2cc([N+](=O)[O-])ccc2S(=O)(=O)[O-])c1. The van der Waals surface area contributed by atoms with Crippen molar-refractivity contribution in [2.45, 2.75) is 9.79 Å². The van der Waals surface area contributed by atoms with Gasteiger partial charge in [0.25, 0.3) is 21.2 Å². The van der Waals surface area contributed by atoms with E-state index in [1.807, 2.05) is 0 Å². The molecule has 0 saturated heterocycles. The van der Waals surface area contributed by atoms with Crippen molar-refractivity contribution in [2.75, 3.05) is 0 Å². The third kappa shape index (κ3) is 6.13. The molecule has 21 heteroatoms. The summed E-state index contributed by atoms with van der Waals surface area (Å²) in [4.78, 5) is 39.5. The molecule has 2 aromatic rings. The zero-order valence-corrected chi connectivity index (χ0v) is 17.6. The molecule has 2 rings (SSSR count). The van der Waals surface area contributed by atoms with E-state index in [9.17, 15) is 56.0 Å². The first-order chi connectivity index (χ1) is 15.1. The zero-order valence-electron chi connectivity index (χ0n) is 15.2. The second-order valence-electron chi connectivity index (χ2n) is 5.46. The van der Waals surface area contributed by atoms with E-state index in [4.69, 9.17) is 0 Å². The second kappa shape index (κ2) is 9.37. The zero-order chi connectivity index (χ0) is 25.1. The maximum Gasteiger partial charge on any atom is 0.451 e. The molecule has 0 aromatic heterocycles. The Kier molecular flexibility index (Phi) is 7.23. The van der Waals surface area contributed by atoms with Crippen molar-refractivity contribution in [1.82, 2.24) is 0 Å². The maximum absolute atomic E-state index is 12.0. The van der Waals surface area contributed by atoms with Crippen LogP contribution in [0.5, 0.6) is 0 Å². The molecule has 0 aliphatic heterocycles. The summed E-state index contributed by atoms with van der Waals surface area (Å²) in [7, 11) is -10.6. The summed E-state index contributed by atoms with van der Waals surface area (Å²) < 4.78 is 75.9. The van der Waals surface area contributed by atoms with Gasteiger partial charge in [0, 0.05) is 12.1 Å². The average Bonchev–Trinajstić information content (AvgIpc) is 2.71. The van der Waals surface area contributed by atoms with E-state index in [-0.39, 0.29) is 0 Å². The van der Waals surface area contributed by atoms with Crippen LogP contribution in [0.4, 0.5) is 22.7 Å². The molecule has 0 bridgehead atoms. The molecule has 0 radical (unpaired) electrons. The van der Waals surface area contributed by atoms with Crippen molar-refractivity contribution in [2.24, 2.45) is 0 Å². The number of nitro benzene ring substituents is 2. The Labute approximate surface area is 186 Å². The van der Waals surface area contributed by atoms with Crippen LogP contribution in [0.2, 0.25) is 0 Å².